The zero-order valence-corrected chi connectivity index (χ0v) is 13.2. The molecule has 1 aliphatic rings. The van der Waals surface area contributed by atoms with E-state index in [-0.39, 0.29) is 5.91 Å². The molecular weight excluding hydrogens is 280 g/mol. The molecule has 1 amide bonds. The Labute approximate surface area is 130 Å². The summed E-state index contributed by atoms with van der Waals surface area (Å²) >= 11 is 0. The fourth-order valence-electron chi connectivity index (χ4n) is 3.14. The van der Waals surface area contributed by atoms with Gasteiger partial charge in [0.25, 0.3) is 0 Å². The number of likely N-dealkylation sites (tertiary alicyclic amines) is 1. The Kier molecular flexibility index (Phi) is 4.27. The second kappa shape index (κ2) is 6.34. The number of rotatable bonds is 4. The number of hydrogen-bond acceptors (Lipinski definition) is 4. The Hall–Kier alpha value is -2.11. The van der Waals surface area contributed by atoms with E-state index in [2.05, 4.69) is 10.3 Å². The highest BCUT2D eigenvalue weighted by molar-refractivity contribution is 5.76. The SMILES string of the molecule is Cc1noc(C)c1CCC(=O)N1CCC[C@@H](n2cccn2)C1. The summed E-state index contributed by atoms with van der Waals surface area (Å²) in [4.78, 5) is 14.4. The molecule has 0 aliphatic carbocycles. The van der Waals surface area contributed by atoms with Crippen LogP contribution >= 0.6 is 0 Å². The second-order valence-corrected chi connectivity index (χ2v) is 5.92. The van der Waals surface area contributed by atoms with Gasteiger partial charge in [0.15, 0.2) is 0 Å². The highest BCUT2D eigenvalue weighted by Gasteiger charge is 2.25. The summed E-state index contributed by atoms with van der Waals surface area (Å²) in [6.07, 6.45) is 7.08. The molecule has 0 unspecified atom stereocenters. The molecule has 0 bridgehead atoms. The number of hydrogen-bond donors (Lipinski definition) is 0. The van der Waals surface area contributed by atoms with Crippen LogP contribution < -0.4 is 0 Å². The van der Waals surface area contributed by atoms with Crippen molar-refractivity contribution in [3.63, 3.8) is 0 Å². The van der Waals surface area contributed by atoms with E-state index < -0.39 is 0 Å². The highest BCUT2D eigenvalue weighted by atomic mass is 16.5. The van der Waals surface area contributed by atoms with Gasteiger partial charge in [-0.25, -0.2) is 0 Å². The molecule has 22 heavy (non-hydrogen) atoms. The molecule has 0 radical (unpaired) electrons. The number of aromatic nitrogens is 3. The third kappa shape index (κ3) is 3.05. The first kappa shape index (κ1) is 14.8. The predicted octanol–water partition coefficient (Wildman–Crippen LogP) is 2.28. The lowest BCUT2D eigenvalue weighted by Crippen LogP contribution is -2.40. The standard InChI is InChI=1S/C16H22N4O2/c1-12-15(13(2)22-18-12)6-7-16(21)19-9-3-5-14(11-19)20-10-4-8-17-20/h4,8,10,14H,3,5-7,9,11H2,1-2H3/t14-/m1/s1. The third-order valence-corrected chi connectivity index (χ3v) is 4.42. The minimum absolute atomic E-state index is 0.205. The van der Waals surface area contributed by atoms with Crippen LogP contribution in [0.15, 0.2) is 23.0 Å². The van der Waals surface area contributed by atoms with E-state index in [0.717, 1.165) is 42.9 Å². The van der Waals surface area contributed by atoms with Gasteiger partial charge >= 0.3 is 0 Å². The summed E-state index contributed by atoms with van der Waals surface area (Å²) in [5.41, 5.74) is 1.95. The predicted molar refractivity (Wildman–Crippen MR) is 81.4 cm³/mol. The molecule has 1 aliphatic heterocycles. The van der Waals surface area contributed by atoms with Crippen molar-refractivity contribution in [1.82, 2.24) is 19.8 Å². The van der Waals surface area contributed by atoms with Crippen LogP contribution in [0.5, 0.6) is 0 Å². The molecule has 6 nitrogen and oxygen atoms in total. The topological polar surface area (TPSA) is 64.2 Å². The molecule has 1 atom stereocenters. The van der Waals surface area contributed by atoms with E-state index in [0.29, 0.717) is 18.9 Å². The fraction of sp³-hybridized carbons (Fsp3) is 0.562. The second-order valence-electron chi connectivity index (χ2n) is 5.92. The van der Waals surface area contributed by atoms with E-state index in [1.807, 2.05) is 35.7 Å². The average molecular weight is 302 g/mol. The van der Waals surface area contributed by atoms with E-state index >= 15 is 0 Å². The maximum absolute atomic E-state index is 12.5. The fourth-order valence-corrected chi connectivity index (χ4v) is 3.14. The third-order valence-electron chi connectivity index (χ3n) is 4.42. The summed E-state index contributed by atoms with van der Waals surface area (Å²) in [5, 5.41) is 8.24. The maximum atomic E-state index is 12.5. The van der Waals surface area contributed by atoms with Gasteiger partial charge in [-0.2, -0.15) is 5.10 Å². The Morgan fingerprint density at radius 1 is 1.45 bits per heavy atom. The van der Waals surface area contributed by atoms with Gasteiger partial charge < -0.3 is 9.42 Å². The summed E-state index contributed by atoms with van der Waals surface area (Å²) in [7, 11) is 0. The molecular formula is C16H22N4O2. The molecule has 2 aromatic heterocycles. The van der Waals surface area contributed by atoms with Crippen molar-refractivity contribution in [3.05, 3.63) is 35.5 Å². The first-order valence-corrected chi connectivity index (χ1v) is 7.84. The largest absolute Gasteiger partial charge is 0.361 e. The minimum atomic E-state index is 0.205. The minimum Gasteiger partial charge on any atom is -0.361 e. The average Bonchev–Trinajstić information content (AvgIpc) is 3.16. The van der Waals surface area contributed by atoms with E-state index in [1.165, 1.54) is 0 Å². The zero-order chi connectivity index (χ0) is 15.5. The van der Waals surface area contributed by atoms with Crippen molar-refractivity contribution < 1.29 is 9.32 Å². The lowest BCUT2D eigenvalue weighted by atomic mass is 10.0. The Morgan fingerprint density at radius 3 is 3.00 bits per heavy atom. The van der Waals surface area contributed by atoms with Gasteiger partial charge in [0.05, 0.1) is 11.7 Å². The zero-order valence-electron chi connectivity index (χ0n) is 13.2. The van der Waals surface area contributed by atoms with Crippen molar-refractivity contribution in [2.45, 2.75) is 45.6 Å². The van der Waals surface area contributed by atoms with Crippen molar-refractivity contribution >= 4 is 5.91 Å². The monoisotopic (exact) mass is 302 g/mol. The summed E-state index contributed by atoms with van der Waals surface area (Å²) in [5.74, 6) is 1.02. The van der Waals surface area contributed by atoms with Crippen molar-refractivity contribution in [1.29, 1.82) is 0 Å². The Balaban J connectivity index is 1.58. The normalized spacial score (nSPS) is 18.6. The molecule has 0 saturated carbocycles. The molecule has 6 heteroatoms. The Morgan fingerprint density at radius 2 is 2.32 bits per heavy atom. The number of aryl methyl sites for hydroxylation is 2. The lowest BCUT2D eigenvalue weighted by molar-refractivity contribution is -0.132. The van der Waals surface area contributed by atoms with Crippen LogP contribution in [-0.4, -0.2) is 38.8 Å². The van der Waals surface area contributed by atoms with Crippen LogP contribution in [0.2, 0.25) is 0 Å². The van der Waals surface area contributed by atoms with Gasteiger partial charge in [-0.1, -0.05) is 5.16 Å². The van der Waals surface area contributed by atoms with Crippen LogP contribution in [0.4, 0.5) is 0 Å². The first-order chi connectivity index (χ1) is 10.6. The van der Waals surface area contributed by atoms with Crippen LogP contribution in [0.3, 0.4) is 0 Å². The maximum Gasteiger partial charge on any atom is 0.222 e. The van der Waals surface area contributed by atoms with E-state index in [9.17, 15) is 4.79 Å². The molecule has 0 spiro atoms. The van der Waals surface area contributed by atoms with Gasteiger partial charge in [-0.3, -0.25) is 9.48 Å². The summed E-state index contributed by atoms with van der Waals surface area (Å²) < 4.78 is 7.12. The number of carbonyl (C=O) groups is 1. The molecule has 2 aromatic rings. The molecule has 1 saturated heterocycles. The van der Waals surface area contributed by atoms with Crippen LogP contribution in [-0.2, 0) is 11.2 Å². The molecule has 1 fully saturated rings. The number of piperidine rings is 1. The first-order valence-electron chi connectivity index (χ1n) is 7.84. The summed E-state index contributed by atoms with van der Waals surface area (Å²) in [6, 6.07) is 2.23. The number of nitrogens with zero attached hydrogens (tertiary/aromatic N) is 4. The molecule has 3 rings (SSSR count). The summed E-state index contributed by atoms with van der Waals surface area (Å²) in [6.45, 7) is 5.42. The lowest BCUT2D eigenvalue weighted by Gasteiger charge is -2.33. The van der Waals surface area contributed by atoms with Gasteiger partial charge in [0.2, 0.25) is 5.91 Å². The number of carbonyl (C=O) groups excluding carboxylic acids is 1. The van der Waals surface area contributed by atoms with E-state index in [1.54, 1.807) is 6.20 Å². The Bertz CT molecular complexity index is 613. The van der Waals surface area contributed by atoms with Crippen molar-refractivity contribution in [2.24, 2.45) is 0 Å². The van der Waals surface area contributed by atoms with Gasteiger partial charge in [-0.15, -0.1) is 0 Å². The molecule has 118 valence electrons. The molecule has 0 aromatic carbocycles. The smallest absolute Gasteiger partial charge is 0.222 e. The highest BCUT2D eigenvalue weighted by Crippen LogP contribution is 2.22. The van der Waals surface area contributed by atoms with Crippen LogP contribution in [0.1, 0.15) is 42.3 Å². The number of amides is 1. The molecule has 3 heterocycles. The molecule has 0 N–H and O–H groups in total. The van der Waals surface area contributed by atoms with Gasteiger partial charge in [0, 0.05) is 37.5 Å². The van der Waals surface area contributed by atoms with Crippen LogP contribution in [0, 0.1) is 13.8 Å². The van der Waals surface area contributed by atoms with Gasteiger partial charge in [0.1, 0.15) is 5.76 Å². The van der Waals surface area contributed by atoms with Gasteiger partial charge in [-0.05, 0) is 39.2 Å². The van der Waals surface area contributed by atoms with Crippen molar-refractivity contribution in [3.8, 4) is 0 Å². The quantitative estimate of drug-likeness (QED) is 0.869. The van der Waals surface area contributed by atoms with Crippen molar-refractivity contribution in [2.75, 3.05) is 13.1 Å². The van der Waals surface area contributed by atoms with Crippen LogP contribution in [0.25, 0.3) is 0 Å². The van der Waals surface area contributed by atoms with E-state index in [4.69, 9.17) is 4.52 Å².